The second kappa shape index (κ2) is 5.13. The van der Waals surface area contributed by atoms with Crippen LogP contribution in [0.15, 0.2) is 23.6 Å². The van der Waals surface area contributed by atoms with Crippen LogP contribution in [0.2, 0.25) is 0 Å². The van der Waals surface area contributed by atoms with E-state index in [9.17, 15) is 0 Å². The molecule has 1 saturated carbocycles. The molecule has 0 bridgehead atoms. The zero-order chi connectivity index (χ0) is 10.5. The van der Waals surface area contributed by atoms with Crippen molar-refractivity contribution in [3.63, 3.8) is 0 Å². The van der Waals surface area contributed by atoms with E-state index >= 15 is 0 Å². The summed E-state index contributed by atoms with van der Waals surface area (Å²) >= 11 is 1.65. The van der Waals surface area contributed by atoms with E-state index < -0.39 is 0 Å². The van der Waals surface area contributed by atoms with Gasteiger partial charge in [0.25, 0.3) is 0 Å². The maximum Gasteiger partial charge on any atom is 0.187 e. The molecule has 2 atom stereocenters. The van der Waals surface area contributed by atoms with Gasteiger partial charge in [0.05, 0.1) is 12.0 Å². The molecule has 0 spiro atoms. The van der Waals surface area contributed by atoms with Crippen molar-refractivity contribution in [2.75, 3.05) is 0 Å². The van der Waals surface area contributed by atoms with E-state index in [1.165, 1.54) is 12.8 Å². The molecule has 0 radical (unpaired) electrons. The molecule has 0 aromatic carbocycles. The predicted octanol–water partition coefficient (Wildman–Crippen LogP) is 2.65. The normalized spacial score (nSPS) is 25.8. The number of nitrogens with zero attached hydrogens (tertiary/aromatic N) is 3. The second-order valence-corrected chi connectivity index (χ2v) is 4.91. The molecule has 0 aliphatic heterocycles. The van der Waals surface area contributed by atoms with Crippen LogP contribution in [0.25, 0.3) is 0 Å². The number of hydrogen-bond donors (Lipinski definition) is 0. The highest BCUT2D eigenvalue weighted by molar-refractivity contribution is 7.99. The van der Waals surface area contributed by atoms with Crippen LogP contribution in [-0.2, 0) is 0 Å². The van der Waals surface area contributed by atoms with Crippen molar-refractivity contribution >= 4 is 11.8 Å². The largest absolute Gasteiger partial charge is 0.231 e. The van der Waals surface area contributed by atoms with Crippen LogP contribution in [0.5, 0.6) is 0 Å². The smallest absolute Gasteiger partial charge is 0.187 e. The summed E-state index contributed by atoms with van der Waals surface area (Å²) in [5, 5.41) is 10.2. The lowest BCUT2D eigenvalue weighted by Gasteiger charge is -2.25. The van der Waals surface area contributed by atoms with Crippen molar-refractivity contribution in [1.82, 2.24) is 9.97 Å². The van der Waals surface area contributed by atoms with Crippen LogP contribution in [0, 0.1) is 17.2 Å². The predicted molar refractivity (Wildman–Crippen MR) is 59.2 cm³/mol. The van der Waals surface area contributed by atoms with Crippen LogP contribution in [0.4, 0.5) is 0 Å². The minimum absolute atomic E-state index is 0.174. The molecule has 0 unspecified atom stereocenters. The fraction of sp³-hybridized carbons (Fsp3) is 0.545. The highest BCUT2D eigenvalue weighted by atomic mass is 32.2. The van der Waals surface area contributed by atoms with Gasteiger partial charge in [0.2, 0.25) is 0 Å². The Morgan fingerprint density at radius 3 is 2.73 bits per heavy atom. The summed E-state index contributed by atoms with van der Waals surface area (Å²) in [5.74, 6) is 0.174. The van der Waals surface area contributed by atoms with Crippen molar-refractivity contribution in [3.05, 3.63) is 18.5 Å². The standard InChI is InChI=1S/C11H13N3S/c12-8-9-4-1-2-5-10(9)15-11-13-6-3-7-14-11/h3,6-7,9-10H,1-2,4-5H2/t9-,10-/m0/s1. The van der Waals surface area contributed by atoms with Crippen molar-refractivity contribution in [1.29, 1.82) is 5.26 Å². The highest BCUT2D eigenvalue weighted by Gasteiger charge is 2.26. The van der Waals surface area contributed by atoms with E-state index in [1.807, 2.05) is 6.07 Å². The van der Waals surface area contributed by atoms with Crippen molar-refractivity contribution in [2.45, 2.75) is 36.1 Å². The van der Waals surface area contributed by atoms with Gasteiger partial charge in [-0.2, -0.15) is 5.26 Å². The van der Waals surface area contributed by atoms with Gasteiger partial charge in [0.15, 0.2) is 5.16 Å². The van der Waals surface area contributed by atoms with Crippen LogP contribution in [0.1, 0.15) is 25.7 Å². The Hall–Kier alpha value is -1.08. The van der Waals surface area contributed by atoms with Gasteiger partial charge >= 0.3 is 0 Å². The van der Waals surface area contributed by atoms with Gasteiger partial charge in [0.1, 0.15) is 0 Å². The number of aromatic nitrogens is 2. The van der Waals surface area contributed by atoms with E-state index in [4.69, 9.17) is 5.26 Å². The summed E-state index contributed by atoms with van der Waals surface area (Å²) in [7, 11) is 0. The molecular weight excluding hydrogens is 206 g/mol. The summed E-state index contributed by atoms with van der Waals surface area (Å²) in [6.07, 6.45) is 8.05. The fourth-order valence-corrected chi connectivity index (χ4v) is 3.03. The molecule has 2 rings (SSSR count). The molecule has 1 aromatic heterocycles. The molecule has 3 nitrogen and oxygen atoms in total. The van der Waals surface area contributed by atoms with Crippen molar-refractivity contribution < 1.29 is 0 Å². The third kappa shape index (κ3) is 2.69. The Bertz CT molecular complexity index is 347. The Labute approximate surface area is 93.9 Å². The van der Waals surface area contributed by atoms with Gasteiger partial charge < -0.3 is 0 Å². The number of hydrogen-bond acceptors (Lipinski definition) is 4. The first-order chi connectivity index (χ1) is 7.40. The van der Waals surface area contributed by atoms with Crippen LogP contribution in [-0.4, -0.2) is 15.2 Å². The first-order valence-electron chi connectivity index (χ1n) is 5.23. The molecule has 1 aliphatic rings. The van der Waals surface area contributed by atoms with Gasteiger partial charge in [-0.05, 0) is 18.9 Å². The lowest BCUT2D eigenvalue weighted by atomic mass is 9.90. The Morgan fingerprint density at radius 1 is 1.27 bits per heavy atom. The quantitative estimate of drug-likeness (QED) is 0.717. The average Bonchev–Trinajstić information content (AvgIpc) is 2.31. The molecule has 0 N–H and O–H groups in total. The lowest BCUT2D eigenvalue weighted by Crippen LogP contribution is -2.20. The maximum atomic E-state index is 9.04. The molecule has 78 valence electrons. The molecule has 1 fully saturated rings. The SMILES string of the molecule is N#C[C@@H]1CCCC[C@@H]1Sc1ncccn1. The van der Waals surface area contributed by atoms with Gasteiger partial charge in [-0.1, -0.05) is 24.6 Å². The van der Waals surface area contributed by atoms with Crippen LogP contribution >= 0.6 is 11.8 Å². The zero-order valence-corrected chi connectivity index (χ0v) is 9.28. The molecule has 1 aromatic rings. The second-order valence-electron chi connectivity index (χ2n) is 3.71. The van der Waals surface area contributed by atoms with E-state index in [0.717, 1.165) is 18.0 Å². The first kappa shape index (κ1) is 10.4. The molecule has 1 aliphatic carbocycles. The average molecular weight is 219 g/mol. The molecule has 4 heteroatoms. The van der Waals surface area contributed by atoms with Gasteiger partial charge in [-0.15, -0.1) is 0 Å². The Kier molecular flexibility index (Phi) is 3.57. The number of nitriles is 1. The lowest BCUT2D eigenvalue weighted by molar-refractivity contribution is 0.439. The minimum atomic E-state index is 0.174. The van der Waals surface area contributed by atoms with Gasteiger partial charge in [-0.3, -0.25) is 0 Å². The molecule has 0 amide bonds. The fourth-order valence-electron chi connectivity index (χ4n) is 1.87. The summed E-state index contributed by atoms with van der Waals surface area (Å²) in [6, 6.07) is 4.21. The number of thioether (sulfide) groups is 1. The Balaban J connectivity index is 2.01. The van der Waals surface area contributed by atoms with Crippen LogP contribution < -0.4 is 0 Å². The molecule has 15 heavy (non-hydrogen) atoms. The molecule has 0 saturated heterocycles. The van der Waals surface area contributed by atoms with Crippen LogP contribution in [0.3, 0.4) is 0 Å². The van der Waals surface area contributed by atoms with E-state index in [-0.39, 0.29) is 5.92 Å². The monoisotopic (exact) mass is 219 g/mol. The zero-order valence-electron chi connectivity index (χ0n) is 8.47. The number of rotatable bonds is 2. The van der Waals surface area contributed by atoms with Gasteiger partial charge in [0, 0.05) is 17.6 Å². The molecular formula is C11H13N3S. The van der Waals surface area contributed by atoms with Crippen molar-refractivity contribution in [3.8, 4) is 6.07 Å². The minimum Gasteiger partial charge on any atom is -0.231 e. The third-order valence-corrected chi connectivity index (χ3v) is 3.96. The van der Waals surface area contributed by atoms with E-state index in [2.05, 4.69) is 16.0 Å². The molecule has 1 heterocycles. The third-order valence-electron chi connectivity index (χ3n) is 2.67. The van der Waals surface area contributed by atoms with E-state index in [0.29, 0.717) is 5.25 Å². The Morgan fingerprint density at radius 2 is 2.00 bits per heavy atom. The van der Waals surface area contributed by atoms with Gasteiger partial charge in [-0.25, -0.2) is 9.97 Å². The first-order valence-corrected chi connectivity index (χ1v) is 6.11. The van der Waals surface area contributed by atoms with Crippen molar-refractivity contribution in [2.24, 2.45) is 5.92 Å². The summed E-state index contributed by atoms with van der Waals surface area (Å²) < 4.78 is 0. The van der Waals surface area contributed by atoms with E-state index in [1.54, 1.807) is 24.2 Å². The summed E-state index contributed by atoms with van der Waals surface area (Å²) in [6.45, 7) is 0. The summed E-state index contributed by atoms with van der Waals surface area (Å²) in [4.78, 5) is 8.37. The highest BCUT2D eigenvalue weighted by Crippen LogP contribution is 2.35. The topological polar surface area (TPSA) is 49.6 Å². The summed E-state index contributed by atoms with van der Waals surface area (Å²) in [5.41, 5.74) is 0. The maximum absolute atomic E-state index is 9.04.